The van der Waals surface area contributed by atoms with Gasteiger partial charge in [0.15, 0.2) is 0 Å². The zero-order chi connectivity index (χ0) is 22.8. The summed E-state index contributed by atoms with van der Waals surface area (Å²) in [5, 5.41) is 15.1. The summed E-state index contributed by atoms with van der Waals surface area (Å²) in [6, 6.07) is 11.2. The first-order chi connectivity index (χ1) is 16.1. The van der Waals surface area contributed by atoms with Crippen molar-refractivity contribution in [3.05, 3.63) is 70.9 Å². The van der Waals surface area contributed by atoms with Gasteiger partial charge in [0.2, 0.25) is 0 Å². The van der Waals surface area contributed by atoms with Gasteiger partial charge in [-0.2, -0.15) is 5.10 Å². The molecule has 0 spiro atoms. The molecule has 4 aromatic rings. The Morgan fingerprint density at radius 3 is 2.70 bits per heavy atom. The van der Waals surface area contributed by atoms with Crippen molar-refractivity contribution in [1.82, 2.24) is 30.4 Å². The normalized spacial score (nSPS) is 14.3. The van der Waals surface area contributed by atoms with Crippen molar-refractivity contribution in [1.29, 1.82) is 0 Å². The highest BCUT2D eigenvalue weighted by molar-refractivity contribution is 5.96. The number of nitrogens with zero attached hydrogens (tertiary/aromatic N) is 3. The van der Waals surface area contributed by atoms with Crippen LogP contribution in [0.15, 0.2) is 59.8 Å². The highest BCUT2D eigenvalue weighted by Crippen LogP contribution is 2.29. The summed E-state index contributed by atoms with van der Waals surface area (Å²) in [5.41, 5.74) is 2.69. The average molecular weight is 444 g/mol. The van der Waals surface area contributed by atoms with Crippen molar-refractivity contribution in [2.45, 2.75) is 18.9 Å². The summed E-state index contributed by atoms with van der Waals surface area (Å²) >= 11 is 0. The molecule has 3 aromatic heterocycles. The third kappa shape index (κ3) is 4.22. The first-order valence-corrected chi connectivity index (χ1v) is 11.0. The van der Waals surface area contributed by atoms with Crippen LogP contribution in [0.5, 0.6) is 0 Å². The number of fused-ring (bicyclic) bond motifs is 1. The lowest BCUT2D eigenvalue weighted by Crippen LogP contribution is -2.29. The maximum Gasteiger partial charge on any atom is 0.259 e. The average Bonchev–Trinajstić information content (AvgIpc) is 3.35. The number of hydrogen-bond donors (Lipinski definition) is 4. The number of carbonyl (C=O) groups excluding carboxylic acids is 1. The van der Waals surface area contributed by atoms with Crippen LogP contribution in [0.3, 0.4) is 0 Å². The number of anilines is 2. The third-order valence-corrected chi connectivity index (χ3v) is 5.97. The fourth-order valence-corrected chi connectivity index (χ4v) is 4.18. The monoisotopic (exact) mass is 443 g/mol. The minimum atomic E-state index is -0.221. The largest absolute Gasteiger partial charge is 0.355 e. The van der Waals surface area contributed by atoms with E-state index >= 15 is 0 Å². The Morgan fingerprint density at radius 2 is 1.94 bits per heavy atom. The van der Waals surface area contributed by atoms with Crippen LogP contribution in [0.2, 0.25) is 0 Å². The molecular formula is C24H25N7O2. The molecule has 1 amide bonds. The van der Waals surface area contributed by atoms with Crippen LogP contribution in [-0.2, 0) is 0 Å². The highest BCUT2D eigenvalue weighted by Gasteiger charge is 2.18. The first-order valence-electron chi connectivity index (χ1n) is 11.0. The van der Waals surface area contributed by atoms with Gasteiger partial charge in [0.05, 0.1) is 23.3 Å². The second kappa shape index (κ2) is 8.87. The molecule has 0 aliphatic carbocycles. The van der Waals surface area contributed by atoms with Crippen molar-refractivity contribution in [3.63, 3.8) is 0 Å². The maximum atomic E-state index is 12.6. The van der Waals surface area contributed by atoms with Crippen LogP contribution in [0.4, 0.5) is 11.5 Å². The van der Waals surface area contributed by atoms with Crippen LogP contribution in [0, 0.1) is 0 Å². The molecule has 1 fully saturated rings. The van der Waals surface area contributed by atoms with E-state index in [9.17, 15) is 9.59 Å². The smallest absolute Gasteiger partial charge is 0.259 e. The fourth-order valence-electron chi connectivity index (χ4n) is 4.18. The van der Waals surface area contributed by atoms with Crippen molar-refractivity contribution >= 4 is 28.2 Å². The molecule has 33 heavy (non-hydrogen) atoms. The molecule has 0 bridgehead atoms. The van der Waals surface area contributed by atoms with Crippen molar-refractivity contribution < 1.29 is 4.79 Å². The number of carbonyl (C=O) groups is 1. The van der Waals surface area contributed by atoms with E-state index in [0.29, 0.717) is 22.8 Å². The number of piperidine rings is 1. The van der Waals surface area contributed by atoms with Crippen molar-refractivity contribution in [2.75, 3.05) is 25.5 Å². The van der Waals surface area contributed by atoms with Crippen molar-refractivity contribution in [2.24, 2.45) is 0 Å². The number of aromatic nitrogens is 4. The van der Waals surface area contributed by atoms with E-state index in [4.69, 9.17) is 4.98 Å². The minimum Gasteiger partial charge on any atom is -0.355 e. The Kier molecular flexibility index (Phi) is 5.62. The second-order valence-corrected chi connectivity index (χ2v) is 8.10. The number of rotatable bonds is 5. The molecule has 1 aromatic carbocycles. The molecule has 168 valence electrons. The molecule has 9 nitrogen and oxygen atoms in total. The number of hydrogen-bond acceptors (Lipinski definition) is 6. The molecule has 1 aliphatic rings. The summed E-state index contributed by atoms with van der Waals surface area (Å²) in [6.07, 6.45) is 7.57. The minimum absolute atomic E-state index is 0.158. The molecule has 5 rings (SSSR count). The third-order valence-electron chi connectivity index (χ3n) is 5.97. The lowest BCUT2D eigenvalue weighted by atomic mass is 10.1. The molecule has 0 atom stereocenters. The van der Waals surface area contributed by atoms with Gasteiger partial charge in [-0.1, -0.05) is 0 Å². The van der Waals surface area contributed by atoms with Gasteiger partial charge in [0, 0.05) is 36.3 Å². The predicted octanol–water partition coefficient (Wildman–Crippen LogP) is 2.81. The van der Waals surface area contributed by atoms with Gasteiger partial charge >= 0.3 is 0 Å². The molecule has 4 heterocycles. The summed E-state index contributed by atoms with van der Waals surface area (Å²) in [5.74, 6) is 0.293. The molecule has 1 saturated heterocycles. The van der Waals surface area contributed by atoms with Gasteiger partial charge < -0.3 is 20.9 Å². The van der Waals surface area contributed by atoms with Gasteiger partial charge in [0.1, 0.15) is 5.82 Å². The maximum absolute atomic E-state index is 12.6. The number of aromatic amines is 1. The summed E-state index contributed by atoms with van der Waals surface area (Å²) in [4.78, 5) is 32.0. The van der Waals surface area contributed by atoms with Crippen LogP contribution in [0.1, 0.15) is 29.2 Å². The summed E-state index contributed by atoms with van der Waals surface area (Å²) < 4.78 is 2.02. The lowest BCUT2D eigenvalue weighted by molar-refractivity contribution is 0.0963. The highest BCUT2D eigenvalue weighted by atomic mass is 16.1. The number of amides is 1. The van der Waals surface area contributed by atoms with Gasteiger partial charge in [-0.15, -0.1) is 0 Å². The Balaban J connectivity index is 1.52. The Hall–Kier alpha value is -3.98. The molecule has 0 unspecified atom stereocenters. The molecule has 1 aliphatic heterocycles. The quantitative estimate of drug-likeness (QED) is 0.377. The van der Waals surface area contributed by atoms with Crippen LogP contribution in [-0.4, -0.2) is 45.8 Å². The Morgan fingerprint density at radius 1 is 1.15 bits per heavy atom. The van der Waals surface area contributed by atoms with Gasteiger partial charge in [-0.3, -0.25) is 14.3 Å². The van der Waals surface area contributed by atoms with Crippen LogP contribution >= 0.6 is 0 Å². The zero-order valence-corrected chi connectivity index (χ0v) is 18.3. The van der Waals surface area contributed by atoms with E-state index < -0.39 is 0 Å². The van der Waals surface area contributed by atoms with E-state index in [2.05, 4.69) is 26.0 Å². The zero-order valence-electron chi connectivity index (χ0n) is 18.3. The number of nitrogens with one attached hydrogen (secondary N) is 4. The molecule has 0 radical (unpaired) electrons. The SMILES string of the molecule is CNC(=O)c1ccc(Nc2nc(-c3cnn(C4CCNCC4)c3)cc3cc[nH]c(=O)c23)cc1. The van der Waals surface area contributed by atoms with Gasteiger partial charge in [-0.25, -0.2) is 4.98 Å². The lowest BCUT2D eigenvalue weighted by Gasteiger charge is -2.22. The Bertz CT molecular complexity index is 1350. The van der Waals surface area contributed by atoms with E-state index in [1.165, 1.54) is 0 Å². The number of pyridine rings is 2. The molecule has 4 N–H and O–H groups in total. The predicted molar refractivity (Wildman–Crippen MR) is 128 cm³/mol. The molecule has 9 heteroatoms. The number of H-pyrrole nitrogens is 1. The van der Waals surface area contributed by atoms with E-state index in [1.54, 1.807) is 37.5 Å². The number of benzene rings is 1. The van der Waals surface area contributed by atoms with E-state index in [0.717, 1.165) is 48.3 Å². The second-order valence-electron chi connectivity index (χ2n) is 8.10. The Labute approximate surface area is 190 Å². The summed E-state index contributed by atoms with van der Waals surface area (Å²) in [7, 11) is 1.59. The standard InChI is InChI=1S/C24H25N7O2/c1-25-23(32)15-2-4-18(5-3-15)29-22-21-16(6-11-27-24(21)33)12-20(30-22)17-13-28-31(14-17)19-7-9-26-10-8-19/h2-6,11-14,19,26H,7-10H2,1H3,(H,25,32)(H,27,33)(H,29,30). The first kappa shape index (κ1) is 20.9. The van der Waals surface area contributed by atoms with Crippen molar-refractivity contribution in [3.8, 4) is 11.3 Å². The fraction of sp³-hybridized carbons (Fsp3) is 0.250. The van der Waals surface area contributed by atoms with E-state index in [-0.39, 0.29) is 11.5 Å². The van der Waals surface area contributed by atoms with E-state index in [1.807, 2.05) is 29.2 Å². The molecular weight excluding hydrogens is 418 g/mol. The van der Waals surface area contributed by atoms with Crippen LogP contribution < -0.4 is 21.5 Å². The van der Waals surface area contributed by atoms with Gasteiger partial charge in [0.25, 0.3) is 11.5 Å². The van der Waals surface area contributed by atoms with Crippen LogP contribution in [0.25, 0.3) is 22.0 Å². The topological polar surface area (TPSA) is 117 Å². The molecule has 0 saturated carbocycles. The summed E-state index contributed by atoms with van der Waals surface area (Å²) in [6.45, 7) is 1.98. The van der Waals surface area contributed by atoms with Gasteiger partial charge in [-0.05, 0) is 67.7 Å².